The molecule has 0 saturated heterocycles. The van der Waals surface area contributed by atoms with Crippen molar-refractivity contribution < 1.29 is 4.79 Å². The molecule has 0 fully saturated rings. The molecule has 0 spiro atoms. The topological polar surface area (TPSA) is 85.6 Å². The Morgan fingerprint density at radius 3 is 3.19 bits per heavy atom. The highest BCUT2D eigenvalue weighted by atomic mass is 32.1. The number of nitrogens with zero attached hydrogens (tertiary/aromatic N) is 5. The van der Waals surface area contributed by atoms with Crippen LogP contribution in [0.2, 0.25) is 0 Å². The van der Waals surface area contributed by atoms with E-state index in [0.29, 0.717) is 12.4 Å². The lowest BCUT2D eigenvalue weighted by Crippen LogP contribution is -2.30. The lowest BCUT2D eigenvalue weighted by molar-refractivity contribution is -0.123. The van der Waals surface area contributed by atoms with Gasteiger partial charge in [0.1, 0.15) is 5.01 Å². The van der Waals surface area contributed by atoms with Gasteiger partial charge < -0.3 is 5.32 Å². The standard InChI is InChI=1S/C18H20N6OS/c1-12-5-4-6-13(9-12)18-20-14(11-26-18)10-19-17(25)15-7-2-3-8-24-16(15)21-22-23-24/h4-6,9,11,15H,2-3,7-8,10H2,1H3,(H,19,25)/t15-/m1/s1. The molecule has 8 heteroatoms. The molecule has 3 aromatic rings. The van der Waals surface area contributed by atoms with Gasteiger partial charge in [-0.15, -0.1) is 16.4 Å². The molecule has 2 aromatic heterocycles. The van der Waals surface area contributed by atoms with Gasteiger partial charge in [0.25, 0.3) is 0 Å². The minimum Gasteiger partial charge on any atom is -0.350 e. The van der Waals surface area contributed by atoms with Crippen molar-refractivity contribution in [3.63, 3.8) is 0 Å². The minimum absolute atomic E-state index is 0.0342. The van der Waals surface area contributed by atoms with Gasteiger partial charge in [-0.25, -0.2) is 9.67 Å². The normalized spacial score (nSPS) is 16.7. The summed E-state index contributed by atoms with van der Waals surface area (Å²) >= 11 is 1.59. The third kappa shape index (κ3) is 3.50. The molecule has 1 amide bonds. The Hall–Kier alpha value is -2.61. The summed E-state index contributed by atoms with van der Waals surface area (Å²) in [6.07, 6.45) is 2.75. The van der Waals surface area contributed by atoms with Gasteiger partial charge in [0.15, 0.2) is 5.82 Å². The highest BCUT2D eigenvalue weighted by molar-refractivity contribution is 7.13. The van der Waals surface area contributed by atoms with Crippen LogP contribution < -0.4 is 5.32 Å². The van der Waals surface area contributed by atoms with Crippen LogP contribution in [-0.4, -0.2) is 31.1 Å². The molecule has 1 aliphatic heterocycles. The highest BCUT2D eigenvalue weighted by Gasteiger charge is 2.28. The summed E-state index contributed by atoms with van der Waals surface area (Å²) in [4.78, 5) is 17.3. The molecule has 26 heavy (non-hydrogen) atoms. The van der Waals surface area contributed by atoms with Crippen molar-refractivity contribution in [2.75, 3.05) is 0 Å². The van der Waals surface area contributed by atoms with Crippen molar-refractivity contribution in [3.05, 3.63) is 46.7 Å². The van der Waals surface area contributed by atoms with Gasteiger partial charge in [0.05, 0.1) is 18.2 Å². The fraction of sp³-hybridized carbons (Fsp3) is 0.389. The molecule has 1 N–H and O–H groups in total. The third-order valence-electron chi connectivity index (χ3n) is 4.56. The molecular formula is C18H20N6OS. The van der Waals surface area contributed by atoms with Crippen LogP contribution in [0.1, 0.15) is 42.3 Å². The highest BCUT2D eigenvalue weighted by Crippen LogP contribution is 2.26. The Bertz CT molecular complexity index is 918. The average Bonchev–Trinajstić information content (AvgIpc) is 3.26. The number of carbonyl (C=O) groups excluding carboxylic acids is 1. The maximum Gasteiger partial charge on any atom is 0.231 e. The summed E-state index contributed by atoms with van der Waals surface area (Å²) in [5.41, 5.74) is 3.18. The summed E-state index contributed by atoms with van der Waals surface area (Å²) < 4.78 is 1.75. The first-order valence-corrected chi connectivity index (χ1v) is 9.64. The molecule has 0 radical (unpaired) electrons. The molecule has 0 bridgehead atoms. The van der Waals surface area contributed by atoms with Gasteiger partial charge in [0, 0.05) is 17.5 Å². The number of fused-ring (bicyclic) bond motifs is 1. The number of carbonyl (C=O) groups is 1. The Kier molecular flexibility index (Phi) is 4.75. The number of rotatable bonds is 4. The summed E-state index contributed by atoms with van der Waals surface area (Å²) in [5, 5.41) is 17.7. The number of amides is 1. The summed E-state index contributed by atoms with van der Waals surface area (Å²) in [5.74, 6) is 0.342. The van der Waals surface area contributed by atoms with Crippen LogP contribution in [0.5, 0.6) is 0 Å². The average molecular weight is 368 g/mol. The Morgan fingerprint density at radius 1 is 1.38 bits per heavy atom. The fourth-order valence-corrected chi connectivity index (χ4v) is 4.02. The first-order chi connectivity index (χ1) is 12.7. The molecule has 0 unspecified atom stereocenters. The molecule has 4 rings (SSSR count). The van der Waals surface area contributed by atoms with Crippen molar-refractivity contribution in [1.82, 2.24) is 30.5 Å². The molecule has 134 valence electrons. The van der Waals surface area contributed by atoms with Crippen molar-refractivity contribution in [3.8, 4) is 10.6 Å². The maximum atomic E-state index is 12.7. The zero-order chi connectivity index (χ0) is 17.9. The molecule has 1 aliphatic rings. The lowest BCUT2D eigenvalue weighted by atomic mass is 10.0. The monoisotopic (exact) mass is 368 g/mol. The van der Waals surface area contributed by atoms with Crippen LogP contribution in [0.25, 0.3) is 10.6 Å². The molecule has 0 aliphatic carbocycles. The number of benzene rings is 1. The van der Waals surface area contributed by atoms with E-state index in [2.05, 4.69) is 50.9 Å². The zero-order valence-electron chi connectivity index (χ0n) is 14.6. The summed E-state index contributed by atoms with van der Waals surface area (Å²) in [7, 11) is 0. The number of aromatic nitrogens is 5. The Labute approximate surface area is 155 Å². The number of thiazole rings is 1. The van der Waals surface area contributed by atoms with Crippen LogP contribution in [-0.2, 0) is 17.9 Å². The van der Waals surface area contributed by atoms with E-state index in [4.69, 9.17) is 0 Å². The van der Waals surface area contributed by atoms with Crippen LogP contribution in [0.3, 0.4) is 0 Å². The quantitative estimate of drug-likeness (QED) is 0.765. The Morgan fingerprint density at radius 2 is 2.31 bits per heavy atom. The van der Waals surface area contributed by atoms with Crippen molar-refractivity contribution in [1.29, 1.82) is 0 Å². The molecule has 7 nitrogen and oxygen atoms in total. The van der Waals surface area contributed by atoms with Crippen LogP contribution in [0.15, 0.2) is 29.6 Å². The van der Waals surface area contributed by atoms with Crippen molar-refractivity contribution in [2.45, 2.75) is 45.2 Å². The number of tetrazole rings is 1. The predicted octanol–water partition coefficient (Wildman–Crippen LogP) is 2.69. The minimum atomic E-state index is -0.289. The smallest absolute Gasteiger partial charge is 0.231 e. The fourth-order valence-electron chi connectivity index (χ4n) is 3.21. The molecule has 1 aromatic carbocycles. The molecule has 3 heterocycles. The summed E-state index contributed by atoms with van der Waals surface area (Å²) in [6.45, 7) is 3.26. The van der Waals surface area contributed by atoms with E-state index in [1.807, 2.05) is 11.4 Å². The second-order valence-electron chi connectivity index (χ2n) is 6.54. The number of hydrogen-bond donors (Lipinski definition) is 1. The first kappa shape index (κ1) is 16.8. The van der Waals surface area contributed by atoms with Crippen molar-refractivity contribution >= 4 is 17.2 Å². The van der Waals surface area contributed by atoms with E-state index in [1.165, 1.54) is 5.56 Å². The second kappa shape index (κ2) is 7.33. The van der Waals surface area contributed by atoms with Crippen LogP contribution in [0, 0.1) is 6.92 Å². The van der Waals surface area contributed by atoms with E-state index in [1.54, 1.807) is 16.0 Å². The van der Waals surface area contributed by atoms with Gasteiger partial charge in [-0.1, -0.05) is 30.2 Å². The van der Waals surface area contributed by atoms with E-state index in [0.717, 1.165) is 42.1 Å². The number of nitrogens with one attached hydrogen (secondary N) is 1. The van der Waals surface area contributed by atoms with Crippen molar-refractivity contribution in [2.24, 2.45) is 0 Å². The van der Waals surface area contributed by atoms with E-state index in [-0.39, 0.29) is 11.8 Å². The van der Waals surface area contributed by atoms with Gasteiger partial charge in [-0.05, 0) is 36.3 Å². The largest absolute Gasteiger partial charge is 0.350 e. The van der Waals surface area contributed by atoms with E-state index < -0.39 is 0 Å². The first-order valence-electron chi connectivity index (χ1n) is 8.76. The molecule has 1 atom stereocenters. The SMILES string of the molecule is Cc1cccc(-c2nc(CNC(=O)[C@@H]3CCCCn4nnnc43)cs2)c1. The van der Waals surface area contributed by atoms with E-state index >= 15 is 0 Å². The van der Waals surface area contributed by atoms with Crippen LogP contribution >= 0.6 is 11.3 Å². The summed E-state index contributed by atoms with van der Waals surface area (Å²) in [6, 6.07) is 8.27. The van der Waals surface area contributed by atoms with Gasteiger partial charge >= 0.3 is 0 Å². The third-order valence-corrected chi connectivity index (χ3v) is 5.50. The zero-order valence-corrected chi connectivity index (χ0v) is 15.4. The number of hydrogen-bond acceptors (Lipinski definition) is 6. The predicted molar refractivity (Wildman–Crippen MR) is 98.5 cm³/mol. The van der Waals surface area contributed by atoms with Gasteiger partial charge in [-0.2, -0.15) is 0 Å². The second-order valence-corrected chi connectivity index (χ2v) is 7.40. The maximum absolute atomic E-state index is 12.7. The lowest BCUT2D eigenvalue weighted by Gasteiger charge is -2.12. The number of aryl methyl sites for hydroxylation is 2. The van der Waals surface area contributed by atoms with Crippen LogP contribution in [0.4, 0.5) is 0 Å². The molecular weight excluding hydrogens is 348 g/mol. The Balaban J connectivity index is 1.43. The molecule has 0 saturated carbocycles. The van der Waals surface area contributed by atoms with E-state index in [9.17, 15) is 4.79 Å². The van der Waals surface area contributed by atoms with Gasteiger partial charge in [-0.3, -0.25) is 4.79 Å². The van der Waals surface area contributed by atoms with Gasteiger partial charge in [0.2, 0.25) is 5.91 Å².